The molecule has 0 aliphatic heterocycles. The predicted octanol–water partition coefficient (Wildman–Crippen LogP) is 0.397. The summed E-state index contributed by atoms with van der Waals surface area (Å²) < 4.78 is 10.6. The van der Waals surface area contributed by atoms with Crippen molar-refractivity contribution in [2.24, 2.45) is 5.92 Å². The Morgan fingerprint density at radius 2 is 1.89 bits per heavy atom. The maximum atomic E-state index is 9.67. The molecule has 0 saturated carbocycles. The zero-order chi connectivity index (χ0) is 13.8. The largest absolute Gasteiger partial charge is 0.394 e. The van der Waals surface area contributed by atoms with E-state index < -0.39 is 6.10 Å². The van der Waals surface area contributed by atoms with Gasteiger partial charge in [0.05, 0.1) is 38.6 Å². The van der Waals surface area contributed by atoms with Crippen LogP contribution >= 0.6 is 0 Å². The van der Waals surface area contributed by atoms with Gasteiger partial charge in [-0.25, -0.2) is 0 Å². The van der Waals surface area contributed by atoms with Gasteiger partial charge >= 0.3 is 0 Å². The van der Waals surface area contributed by atoms with Gasteiger partial charge in [-0.1, -0.05) is 13.8 Å². The zero-order valence-corrected chi connectivity index (χ0v) is 11.9. The highest BCUT2D eigenvalue weighted by Crippen LogP contribution is 2.07. The summed E-state index contributed by atoms with van der Waals surface area (Å²) in [5.74, 6) is 0.610. The SMILES string of the molecule is CC(C)C[C@H](C)OC[C@@H](O)CNCCOCCO. The van der Waals surface area contributed by atoms with Crippen molar-refractivity contribution >= 4 is 0 Å². The summed E-state index contributed by atoms with van der Waals surface area (Å²) in [5, 5.41) is 21.2. The molecule has 5 nitrogen and oxygen atoms in total. The summed E-state index contributed by atoms with van der Waals surface area (Å²) in [5.41, 5.74) is 0. The van der Waals surface area contributed by atoms with E-state index in [1.165, 1.54) is 0 Å². The van der Waals surface area contributed by atoms with Crippen molar-refractivity contribution in [2.75, 3.05) is 39.5 Å². The van der Waals surface area contributed by atoms with E-state index in [-0.39, 0.29) is 12.7 Å². The Hall–Kier alpha value is -0.200. The van der Waals surface area contributed by atoms with Gasteiger partial charge in [0, 0.05) is 13.1 Å². The Morgan fingerprint density at radius 1 is 1.17 bits per heavy atom. The molecule has 0 aromatic carbocycles. The third kappa shape index (κ3) is 12.3. The van der Waals surface area contributed by atoms with E-state index in [2.05, 4.69) is 19.2 Å². The van der Waals surface area contributed by atoms with Gasteiger partial charge in [-0.15, -0.1) is 0 Å². The Kier molecular flexibility index (Phi) is 11.7. The lowest BCUT2D eigenvalue weighted by atomic mass is 10.1. The molecule has 3 N–H and O–H groups in total. The van der Waals surface area contributed by atoms with Crippen molar-refractivity contribution in [3.63, 3.8) is 0 Å². The molecule has 0 aromatic heterocycles. The fourth-order valence-corrected chi connectivity index (χ4v) is 1.65. The number of aliphatic hydroxyl groups is 2. The van der Waals surface area contributed by atoms with Crippen LogP contribution in [-0.2, 0) is 9.47 Å². The Labute approximate surface area is 110 Å². The molecule has 0 rings (SSSR count). The molecule has 18 heavy (non-hydrogen) atoms. The highest BCUT2D eigenvalue weighted by molar-refractivity contribution is 4.61. The fourth-order valence-electron chi connectivity index (χ4n) is 1.65. The van der Waals surface area contributed by atoms with Crippen LogP contribution in [0.3, 0.4) is 0 Å². The Morgan fingerprint density at radius 3 is 2.50 bits per heavy atom. The molecule has 0 heterocycles. The number of nitrogens with one attached hydrogen (secondary N) is 1. The third-order valence-electron chi connectivity index (χ3n) is 2.42. The highest BCUT2D eigenvalue weighted by Gasteiger charge is 2.09. The van der Waals surface area contributed by atoms with E-state index in [0.29, 0.717) is 38.8 Å². The summed E-state index contributed by atoms with van der Waals surface area (Å²) in [4.78, 5) is 0. The summed E-state index contributed by atoms with van der Waals surface area (Å²) >= 11 is 0. The lowest BCUT2D eigenvalue weighted by Crippen LogP contribution is -2.33. The molecule has 0 radical (unpaired) electrons. The average molecular weight is 263 g/mol. The maximum absolute atomic E-state index is 9.67. The van der Waals surface area contributed by atoms with Crippen molar-refractivity contribution in [1.82, 2.24) is 5.32 Å². The number of ether oxygens (including phenoxy) is 2. The van der Waals surface area contributed by atoms with Gasteiger partial charge in [0.25, 0.3) is 0 Å². The Balaban J connectivity index is 3.34. The quantitative estimate of drug-likeness (QED) is 0.445. The second-order valence-corrected chi connectivity index (χ2v) is 4.97. The smallest absolute Gasteiger partial charge is 0.0897 e. The summed E-state index contributed by atoms with van der Waals surface area (Å²) in [7, 11) is 0. The molecule has 0 bridgehead atoms. The molecular formula is C13H29NO4. The molecule has 0 amide bonds. The van der Waals surface area contributed by atoms with Crippen LogP contribution in [0, 0.1) is 5.92 Å². The van der Waals surface area contributed by atoms with Gasteiger partial charge in [-0.05, 0) is 19.3 Å². The molecule has 0 aromatic rings. The molecule has 0 saturated heterocycles. The van der Waals surface area contributed by atoms with Crippen molar-refractivity contribution in [1.29, 1.82) is 0 Å². The van der Waals surface area contributed by atoms with Gasteiger partial charge in [-0.2, -0.15) is 0 Å². The number of hydrogen-bond acceptors (Lipinski definition) is 5. The summed E-state index contributed by atoms with van der Waals surface area (Å²) in [6, 6.07) is 0. The fraction of sp³-hybridized carbons (Fsp3) is 1.00. The van der Waals surface area contributed by atoms with Crippen LogP contribution in [0.15, 0.2) is 0 Å². The zero-order valence-electron chi connectivity index (χ0n) is 11.9. The average Bonchev–Trinajstić information content (AvgIpc) is 2.30. The first kappa shape index (κ1) is 17.8. The molecule has 0 fully saturated rings. The minimum atomic E-state index is -0.488. The van der Waals surface area contributed by atoms with E-state index in [1.807, 2.05) is 6.92 Å². The van der Waals surface area contributed by atoms with Crippen LogP contribution in [0.4, 0.5) is 0 Å². The van der Waals surface area contributed by atoms with Crippen molar-refractivity contribution in [3.05, 3.63) is 0 Å². The molecule has 5 heteroatoms. The second-order valence-electron chi connectivity index (χ2n) is 4.97. The number of hydrogen-bond donors (Lipinski definition) is 3. The number of aliphatic hydroxyl groups excluding tert-OH is 2. The van der Waals surface area contributed by atoms with Gasteiger partial charge < -0.3 is 25.0 Å². The lowest BCUT2D eigenvalue weighted by Gasteiger charge is -2.18. The van der Waals surface area contributed by atoms with E-state index in [4.69, 9.17) is 14.6 Å². The molecule has 0 unspecified atom stereocenters. The minimum absolute atomic E-state index is 0.0458. The molecule has 0 aliphatic rings. The molecular weight excluding hydrogens is 234 g/mol. The first-order chi connectivity index (χ1) is 8.56. The maximum Gasteiger partial charge on any atom is 0.0897 e. The second kappa shape index (κ2) is 11.9. The first-order valence-electron chi connectivity index (χ1n) is 6.75. The van der Waals surface area contributed by atoms with Gasteiger partial charge in [0.15, 0.2) is 0 Å². The van der Waals surface area contributed by atoms with Crippen LogP contribution in [0.5, 0.6) is 0 Å². The Bertz CT molecular complexity index is 178. The third-order valence-corrected chi connectivity index (χ3v) is 2.42. The summed E-state index contributed by atoms with van der Waals surface area (Å²) in [6.45, 7) is 8.81. The van der Waals surface area contributed by atoms with Crippen molar-refractivity contribution in [3.8, 4) is 0 Å². The van der Waals surface area contributed by atoms with Crippen LogP contribution in [-0.4, -0.2) is 61.9 Å². The van der Waals surface area contributed by atoms with Crippen LogP contribution < -0.4 is 5.32 Å². The van der Waals surface area contributed by atoms with E-state index in [1.54, 1.807) is 0 Å². The van der Waals surface area contributed by atoms with Crippen LogP contribution in [0.2, 0.25) is 0 Å². The minimum Gasteiger partial charge on any atom is -0.394 e. The van der Waals surface area contributed by atoms with Crippen molar-refractivity contribution < 1.29 is 19.7 Å². The molecule has 0 aliphatic carbocycles. The predicted molar refractivity (Wildman–Crippen MR) is 71.7 cm³/mol. The van der Waals surface area contributed by atoms with E-state index in [0.717, 1.165) is 6.42 Å². The molecule has 110 valence electrons. The van der Waals surface area contributed by atoms with Crippen molar-refractivity contribution in [2.45, 2.75) is 39.4 Å². The first-order valence-corrected chi connectivity index (χ1v) is 6.75. The van der Waals surface area contributed by atoms with Gasteiger partial charge in [0.2, 0.25) is 0 Å². The topological polar surface area (TPSA) is 71.0 Å². The van der Waals surface area contributed by atoms with E-state index in [9.17, 15) is 5.11 Å². The van der Waals surface area contributed by atoms with Gasteiger partial charge in [0.1, 0.15) is 0 Å². The monoisotopic (exact) mass is 263 g/mol. The molecule has 0 spiro atoms. The number of rotatable bonds is 12. The van der Waals surface area contributed by atoms with Gasteiger partial charge in [-0.3, -0.25) is 0 Å². The van der Waals surface area contributed by atoms with Crippen LogP contribution in [0.1, 0.15) is 27.2 Å². The standard InChI is InChI=1S/C13H29NO4/c1-11(2)8-12(3)18-10-13(16)9-14-4-6-17-7-5-15/h11-16H,4-10H2,1-3H3/t12-,13-/m0/s1. The van der Waals surface area contributed by atoms with Crippen LogP contribution in [0.25, 0.3) is 0 Å². The molecule has 2 atom stereocenters. The normalized spacial score (nSPS) is 15.0. The lowest BCUT2D eigenvalue weighted by molar-refractivity contribution is -0.00908. The summed E-state index contributed by atoms with van der Waals surface area (Å²) in [6.07, 6.45) is 0.708. The van der Waals surface area contributed by atoms with E-state index >= 15 is 0 Å². The highest BCUT2D eigenvalue weighted by atomic mass is 16.5.